The predicted molar refractivity (Wildman–Crippen MR) is 74.9 cm³/mol. The molecular weight excluding hydrogens is 285 g/mol. The van der Waals surface area contributed by atoms with Gasteiger partial charge in [-0.3, -0.25) is 0 Å². The molecule has 16 heavy (non-hydrogen) atoms. The molecule has 0 amide bonds. The molecule has 2 nitrogen and oxygen atoms in total. The van der Waals surface area contributed by atoms with Crippen molar-refractivity contribution in [3.05, 3.63) is 40.2 Å². The number of halogens is 1. The SMILES string of the molecule is CB(O)Nc1ccsc1-c1ccc(Br)cc1. The maximum Gasteiger partial charge on any atom is 0.406 e. The molecule has 2 N–H and O–H groups in total. The van der Waals surface area contributed by atoms with E-state index in [0.29, 0.717) is 0 Å². The zero-order valence-corrected chi connectivity index (χ0v) is 11.2. The first-order valence-corrected chi connectivity index (χ1v) is 6.62. The van der Waals surface area contributed by atoms with Crippen LogP contribution >= 0.6 is 27.3 Å². The second-order valence-corrected chi connectivity index (χ2v) is 5.32. The number of rotatable bonds is 3. The van der Waals surface area contributed by atoms with Crippen molar-refractivity contribution < 1.29 is 5.02 Å². The molecule has 1 aromatic heterocycles. The Labute approximate surface area is 108 Å². The van der Waals surface area contributed by atoms with Crippen molar-refractivity contribution in [3.63, 3.8) is 0 Å². The Morgan fingerprint density at radius 3 is 2.56 bits per heavy atom. The smallest absolute Gasteiger partial charge is 0.406 e. The van der Waals surface area contributed by atoms with Crippen LogP contribution in [0.1, 0.15) is 0 Å². The summed E-state index contributed by atoms with van der Waals surface area (Å²) in [7, 11) is -0.538. The molecule has 1 aromatic carbocycles. The number of anilines is 1. The van der Waals surface area contributed by atoms with E-state index in [-0.39, 0.29) is 0 Å². The molecule has 0 saturated carbocycles. The fourth-order valence-corrected chi connectivity index (χ4v) is 2.60. The van der Waals surface area contributed by atoms with Crippen molar-refractivity contribution in [2.24, 2.45) is 0 Å². The van der Waals surface area contributed by atoms with E-state index in [2.05, 4.69) is 33.3 Å². The quantitative estimate of drug-likeness (QED) is 0.846. The molecule has 0 unspecified atom stereocenters. The summed E-state index contributed by atoms with van der Waals surface area (Å²) in [6.45, 7) is 1.71. The maximum atomic E-state index is 9.33. The van der Waals surface area contributed by atoms with E-state index in [1.807, 2.05) is 23.6 Å². The molecule has 5 heteroatoms. The lowest BCUT2D eigenvalue weighted by molar-refractivity contribution is 0.587. The topological polar surface area (TPSA) is 32.3 Å². The molecule has 0 radical (unpaired) electrons. The lowest BCUT2D eigenvalue weighted by Gasteiger charge is -2.07. The van der Waals surface area contributed by atoms with Crippen molar-refractivity contribution in [2.45, 2.75) is 6.82 Å². The highest BCUT2D eigenvalue weighted by Crippen LogP contribution is 2.34. The Hall–Kier alpha value is -0.775. The molecule has 0 bridgehead atoms. The summed E-state index contributed by atoms with van der Waals surface area (Å²) < 4.78 is 1.07. The van der Waals surface area contributed by atoms with Crippen LogP contribution in [0.4, 0.5) is 5.69 Å². The third-order valence-corrected chi connectivity index (χ3v) is 3.63. The van der Waals surface area contributed by atoms with Gasteiger partial charge in [0.15, 0.2) is 0 Å². The lowest BCUT2D eigenvalue weighted by atomic mass is 9.88. The zero-order chi connectivity index (χ0) is 11.5. The molecular formula is C11H11BBrNOS. The summed E-state index contributed by atoms with van der Waals surface area (Å²) in [6, 6.07) is 10.1. The van der Waals surface area contributed by atoms with E-state index in [1.165, 1.54) is 0 Å². The van der Waals surface area contributed by atoms with Gasteiger partial charge in [0.2, 0.25) is 0 Å². The Kier molecular flexibility index (Phi) is 3.68. The second kappa shape index (κ2) is 5.04. The fourth-order valence-electron chi connectivity index (χ4n) is 1.47. The van der Waals surface area contributed by atoms with Gasteiger partial charge >= 0.3 is 7.05 Å². The van der Waals surface area contributed by atoms with E-state index in [9.17, 15) is 5.02 Å². The van der Waals surface area contributed by atoms with Crippen molar-refractivity contribution >= 4 is 40.0 Å². The molecule has 1 heterocycles. The first-order valence-electron chi connectivity index (χ1n) is 4.95. The lowest BCUT2D eigenvalue weighted by Crippen LogP contribution is -2.19. The number of hydrogen-bond acceptors (Lipinski definition) is 3. The first kappa shape index (κ1) is 11.7. The summed E-state index contributed by atoms with van der Waals surface area (Å²) in [5.74, 6) is 0. The monoisotopic (exact) mass is 295 g/mol. The molecule has 82 valence electrons. The summed E-state index contributed by atoms with van der Waals surface area (Å²) in [5.41, 5.74) is 2.13. The summed E-state index contributed by atoms with van der Waals surface area (Å²) in [6.07, 6.45) is 0. The summed E-state index contributed by atoms with van der Waals surface area (Å²) >= 11 is 5.08. The van der Waals surface area contributed by atoms with Crippen LogP contribution in [0.2, 0.25) is 6.82 Å². The van der Waals surface area contributed by atoms with Crippen LogP contribution in [0, 0.1) is 0 Å². The van der Waals surface area contributed by atoms with Crippen LogP contribution in [-0.2, 0) is 0 Å². The molecule has 2 rings (SSSR count). The highest BCUT2D eigenvalue weighted by molar-refractivity contribution is 9.10. The summed E-state index contributed by atoms with van der Waals surface area (Å²) in [5, 5.41) is 14.4. The average Bonchev–Trinajstić information content (AvgIpc) is 2.66. The van der Waals surface area contributed by atoms with Gasteiger partial charge in [0.25, 0.3) is 0 Å². The van der Waals surface area contributed by atoms with Gasteiger partial charge in [-0.05, 0) is 36.0 Å². The third kappa shape index (κ3) is 2.67. The predicted octanol–water partition coefficient (Wildman–Crippen LogP) is 3.70. The van der Waals surface area contributed by atoms with Gasteiger partial charge in [-0.2, -0.15) is 0 Å². The van der Waals surface area contributed by atoms with Crippen molar-refractivity contribution in [2.75, 3.05) is 5.23 Å². The van der Waals surface area contributed by atoms with E-state index in [4.69, 9.17) is 0 Å². The summed E-state index contributed by atoms with van der Waals surface area (Å²) in [4.78, 5) is 1.15. The minimum absolute atomic E-state index is 0.538. The fraction of sp³-hybridized carbons (Fsp3) is 0.0909. The van der Waals surface area contributed by atoms with Gasteiger partial charge in [0.05, 0.1) is 4.88 Å². The third-order valence-electron chi connectivity index (χ3n) is 2.14. The largest absolute Gasteiger partial charge is 0.433 e. The molecule has 0 spiro atoms. The highest BCUT2D eigenvalue weighted by Gasteiger charge is 2.10. The van der Waals surface area contributed by atoms with Crippen molar-refractivity contribution in [3.8, 4) is 10.4 Å². The highest BCUT2D eigenvalue weighted by atomic mass is 79.9. The van der Waals surface area contributed by atoms with Gasteiger partial charge < -0.3 is 10.3 Å². The molecule has 0 aliphatic heterocycles. The molecule has 0 saturated heterocycles. The maximum absolute atomic E-state index is 9.33. The van der Waals surface area contributed by atoms with Crippen LogP contribution in [0.25, 0.3) is 10.4 Å². The molecule has 0 aliphatic rings. The Bertz CT molecular complexity index is 469. The van der Waals surface area contributed by atoms with Gasteiger partial charge in [-0.1, -0.05) is 28.1 Å². The minimum atomic E-state index is -0.538. The first-order chi connectivity index (χ1) is 7.66. The van der Waals surface area contributed by atoms with Crippen LogP contribution < -0.4 is 5.23 Å². The molecule has 0 atom stereocenters. The van der Waals surface area contributed by atoms with Gasteiger partial charge in [0.1, 0.15) is 0 Å². The van der Waals surface area contributed by atoms with Gasteiger partial charge in [0, 0.05) is 10.2 Å². The van der Waals surface area contributed by atoms with E-state index in [0.717, 1.165) is 20.6 Å². The Morgan fingerprint density at radius 2 is 1.94 bits per heavy atom. The van der Waals surface area contributed by atoms with E-state index in [1.54, 1.807) is 18.2 Å². The van der Waals surface area contributed by atoms with Crippen molar-refractivity contribution in [1.82, 2.24) is 0 Å². The number of benzene rings is 1. The van der Waals surface area contributed by atoms with E-state index >= 15 is 0 Å². The Balaban J connectivity index is 2.33. The Morgan fingerprint density at radius 1 is 1.25 bits per heavy atom. The standard InChI is InChI=1S/C11H11BBrNOS/c1-12(15)14-10-6-7-16-11(10)8-2-4-9(13)5-3-8/h2-7,14-15H,1H3. The molecule has 0 aliphatic carbocycles. The van der Waals surface area contributed by atoms with Crippen LogP contribution in [0.3, 0.4) is 0 Å². The number of nitrogens with one attached hydrogen (secondary N) is 1. The minimum Gasteiger partial charge on any atom is -0.433 e. The normalized spacial score (nSPS) is 10.2. The van der Waals surface area contributed by atoms with Crippen LogP contribution in [0.15, 0.2) is 40.2 Å². The zero-order valence-electron chi connectivity index (χ0n) is 8.77. The number of thiophene rings is 1. The van der Waals surface area contributed by atoms with Crippen LogP contribution in [-0.4, -0.2) is 12.1 Å². The number of hydrogen-bond donors (Lipinski definition) is 2. The van der Waals surface area contributed by atoms with E-state index < -0.39 is 7.05 Å². The average molecular weight is 296 g/mol. The van der Waals surface area contributed by atoms with Crippen molar-refractivity contribution in [1.29, 1.82) is 0 Å². The van der Waals surface area contributed by atoms with Crippen LogP contribution in [0.5, 0.6) is 0 Å². The van der Waals surface area contributed by atoms with Gasteiger partial charge in [-0.15, -0.1) is 11.3 Å². The second-order valence-electron chi connectivity index (χ2n) is 3.49. The van der Waals surface area contributed by atoms with Gasteiger partial charge in [-0.25, -0.2) is 0 Å². The molecule has 2 aromatic rings. The molecule has 0 fully saturated rings.